The van der Waals surface area contributed by atoms with Crippen LogP contribution in [0, 0.1) is 0 Å². The van der Waals surface area contributed by atoms with Crippen molar-refractivity contribution in [3.8, 4) is 11.1 Å². The van der Waals surface area contributed by atoms with E-state index in [1.54, 1.807) is 6.07 Å². The number of carbonyl (C=O) groups excluding carboxylic acids is 3. The van der Waals surface area contributed by atoms with E-state index in [1.165, 1.54) is 13.8 Å². The molecule has 3 amide bonds. The van der Waals surface area contributed by atoms with Crippen molar-refractivity contribution in [1.82, 2.24) is 16.0 Å². The van der Waals surface area contributed by atoms with E-state index in [0.29, 0.717) is 25.2 Å². The fourth-order valence-corrected chi connectivity index (χ4v) is 2.44. The molecule has 2 aromatic rings. The van der Waals surface area contributed by atoms with Crippen LogP contribution in [0.3, 0.4) is 0 Å². The maximum Gasteiger partial charge on any atom is 0.251 e. The Balaban J connectivity index is 2.06. The molecular formula is C20H23N3O3. The van der Waals surface area contributed by atoms with E-state index in [-0.39, 0.29) is 17.7 Å². The Bertz CT molecular complexity index is 802. The van der Waals surface area contributed by atoms with Crippen LogP contribution in [0.5, 0.6) is 0 Å². The Kier molecular flexibility index (Phi) is 6.91. The first-order chi connectivity index (χ1) is 12.5. The normalized spacial score (nSPS) is 10.1. The zero-order chi connectivity index (χ0) is 18.9. The fourth-order valence-electron chi connectivity index (χ4n) is 2.44. The second-order valence-electron chi connectivity index (χ2n) is 5.93. The molecule has 0 aliphatic heterocycles. The lowest BCUT2D eigenvalue weighted by molar-refractivity contribution is -0.119. The first kappa shape index (κ1) is 19.2. The molecule has 0 bridgehead atoms. The lowest BCUT2D eigenvalue weighted by Crippen LogP contribution is -2.33. The molecule has 0 fully saturated rings. The summed E-state index contributed by atoms with van der Waals surface area (Å²) in [6.45, 7) is 4.15. The quantitative estimate of drug-likeness (QED) is 0.664. The van der Waals surface area contributed by atoms with Gasteiger partial charge < -0.3 is 16.0 Å². The highest BCUT2D eigenvalue weighted by atomic mass is 16.2. The number of nitrogens with one attached hydrogen (secondary N) is 3. The number of hydrogen-bond donors (Lipinski definition) is 3. The molecule has 0 spiro atoms. The Morgan fingerprint density at radius 1 is 0.769 bits per heavy atom. The maximum absolute atomic E-state index is 12.2. The van der Waals surface area contributed by atoms with Gasteiger partial charge in [-0.05, 0) is 34.9 Å². The molecule has 0 aliphatic rings. The number of benzene rings is 2. The van der Waals surface area contributed by atoms with Gasteiger partial charge in [0, 0.05) is 39.0 Å². The lowest BCUT2D eigenvalue weighted by atomic mass is 10.0. The van der Waals surface area contributed by atoms with Crippen molar-refractivity contribution in [3.05, 3.63) is 59.7 Å². The van der Waals surface area contributed by atoms with Gasteiger partial charge in [-0.3, -0.25) is 14.4 Å². The highest BCUT2D eigenvalue weighted by Crippen LogP contribution is 2.21. The monoisotopic (exact) mass is 353 g/mol. The molecule has 2 rings (SSSR count). The van der Waals surface area contributed by atoms with Crippen LogP contribution in [-0.2, 0) is 16.1 Å². The van der Waals surface area contributed by atoms with Crippen molar-refractivity contribution in [1.29, 1.82) is 0 Å². The van der Waals surface area contributed by atoms with Crippen LogP contribution in [0.1, 0.15) is 29.8 Å². The molecule has 6 nitrogen and oxygen atoms in total. The van der Waals surface area contributed by atoms with E-state index >= 15 is 0 Å². The Morgan fingerprint density at radius 3 is 2.08 bits per heavy atom. The summed E-state index contributed by atoms with van der Waals surface area (Å²) in [5.74, 6) is -0.389. The van der Waals surface area contributed by atoms with Crippen LogP contribution in [0.15, 0.2) is 48.5 Å². The third kappa shape index (κ3) is 6.05. The third-order valence-corrected chi connectivity index (χ3v) is 3.71. The molecule has 136 valence electrons. The molecule has 0 aromatic heterocycles. The lowest BCUT2D eigenvalue weighted by Gasteiger charge is -2.09. The fraction of sp³-hybridized carbons (Fsp3) is 0.250. The van der Waals surface area contributed by atoms with E-state index in [4.69, 9.17) is 0 Å². The van der Waals surface area contributed by atoms with Gasteiger partial charge in [0.1, 0.15) is 0 Å². The highest BCUT2D eigenvalue weighted by molar-refractivity contribution is 5.95. The number of amides is 3. The third-order valence-electron chi connectivity index (χ3n) is 3.71. The van der Waals surface area contributed by atoms with Gasteiger partial charge in [-0.1, -0.05) is 30.3 Å². The standard InChI is InChI=1S/C20H23N3O3/c1-14(24)21-9-10-22-20(26)19-8-4-7-18(12-19)17-6-3-5-16(11-17)13-23-15(2)25/h3-8,11-12H,9-10,13H2,1-2H3,(H,21,24)(H,22,26)(H,23,25). The van der Waals surface area contributed by atoms with E-state index in [1.807, 2.05) is 42.5 Å². The Morgan fingerprint density at radius 2 is 1.38 bits per heavy atom. The van der Waals surface area contributed by atoms with Crippen LogP contribution in [0.25, 0.3) is 11.1 Å². The van der Waals surface area contributed by atoms with Crippen molar-refractivity contribution in [3.63, 3.8) is 0 Å². The maximum atomic E-state index is 12.2. The topological polar surface area (TPSA) is 87.3 Å². The molecule has 0 radical (unpaired) electrons. The van der Waals surface area contributed by atoms with E-state index in [0.717, 1.165) is 16.7 Å². The SMILES string of the molecule is CC(=O)NCCNC(=O)c1cccc(-c2cccc(CNC(C)=O)c2)c1. The van der Waals surface area contributed by atoms with Crippen molar-refractivity contribution in [2.45, 2.75) is 20.4 Å². The molecule has 2 aromatic carbocycles. The van der Waals surface area contributed by atoms with Crippen LogP contribution >= 0.6 is 0 Å². The second kappa shape index (κ2) is 9.36. The van der Waals surface area contributed by atoms with Gasteiger partial charge in [-0.2, -0.15) is 0 Å². The summed E-state index contributed by atoms with van der Waals surface area (Å²) >= 11 is 0. The van der Waals surface area contributed by atoms with Gasteiger partial charge in [0.05, 0.1) is 0 Å². The van der Waals surface area contributed by atoms with Crippen LogP contribution < -0.4 is 16.0 Å². The summed E-state index contributed by atoms with van der Waals surface area (Å²) in [7, 11) is 0. The summed E-state index contributed by atoms with van der Waals surface area (Å²) in [6.07, 6.45) is 0. The summed E-state index contributed by atoms with van der Waals surface area (Å²) in [4.78, 5) is 34.1. The molecule has 0 saturated carbocycles. The summed E-state index contributed by atoms with van der Waals surface area (Å²) in [6, 6.07) is 15.2. The minimum absolute atomic E-state index is 0.0756. The average molecular weight is 353 g/mol. The van der Waals surface area contributed by atoms with Crippen LogP contribution in [-0.4, -0.2) is 30.8 Å². The van der Waals surface area contributed by atoms with Gasteiger partial charge in [0.15, 0.2) is 0 Å². The highest BCUT2D eigenvalue weighted by Gasteiger charge is 2.07. The van der Waals surface area contributed by atoms with Gasteiger partial charge >= 0.3 is 0 Å². The molecule has 3 N–H and O–H groups in total. The van der Waals surface area contributed by atoms with Gasteiger partial charge in [-0.25, -0.2) is 0 Å². The largest absolute Gasteiger partial charge is 0.355 e. The minimum atomic E-state index is -0.188. The van der Waals surface area contributed by atoms with Gasteiger partial charge in [-0.15, -0.1) is 0 Å². The first-order valence-corrected chi connectivity index (χ1v) is 8.42. The number of hydrogen-bond acceptors (Lipinski definition) is 3. The first-order valence-electron chi connectivity index (χ1n) is 8.42. The zero-order valence-corrected chi connectivity index (χ0v) is 15.0. The van der Waals surface area contributed by atoms with Gasteiger partial charge in [0.25, 0.3) is 5.91 Å². The molecule has 0 atom stereocenters. The molecule has 0 heterocycles. The minimum Gasteiger partial charge on any atom is -0.355 e. The number of carbonyl (C=O) groups is 3. The van der Waals surface area contributed by atoms with Crippen molar-refractivity contribution < 1.29 is 14.4 Å². The average Bonchev–Trinajstić information content (AvgIpc) is 2.63. The van der Waals surface area contributed by atoms with Crippen molar-refractivity contribution in [2.75, 3.05) is 13.1 Å². The predicted octanol–water partition coefficient (Wildman–Crippen LogP) is 1.86. The van der Waals surface area contributed by atoms with Crippen LogP contribution in [0.2, 0.25) is 0 Å². The second-order valence-corrected chi connectivity index (χ2v) is 5.93. The van der Waals surface area contributed by atoms with E-state index < -0.39 is 0 Å². The van der Waals surface area contributed by atoms with Crippen molar-refractivity contribution in [2.24, 2.45) is 0 Å². The smallest absolute Gasteiger partial charge is 0.251 e. The Labute approximate surface area is 153 Å². The summed E-state index contributed by atoms with van der Waals surface area (Å²) in [5.41, 5.74) is 3.44. The van der Waals surface area contributed by atoms with E-state index in [9.17, 15) is 14.4 Å². The van der Waals surface area contributed by atoms with Gasteiger partial charge in [0.2, 0.25) is 11.8 Å². The number of rotatable bonds is 7. The van der Waals surface area contributed by atoms with Crippen molar-refractivity contribution >= 4 is 17.7 Å². The summed E-state index contributed by atoms with van der Waals surface area (Å²) < 4.78 is 0. The molecule has 0 unspecified atom stereocenters. The molecule has 0 aliphatic carbocycles. The molecule has 0 saturated heterocycles. The summed E-state index contributed by atoms with van der Waals surface area (Å²) in [5, 5.41) is 8.18. The van der Waals surface area contributed by atoms with E-state index in [2.05, 4.69) is 16.0 Å². The molecule has 6 heteroatoms. The Hall–Kier alpha value is -3.15. The predicted molar refractivity (Wildman–Crippen MR) is 100 cm³/mol. The van der Waals surface area contributed by atoms with Crippen LogP contribution in [0.4, 0.5) is 0 Å². The molecule has 26 heavy (non-hydrogen) atoms. The zero-order valence-electron chi connectivity index (χ0n) is 15.0. The molecular weight excluding hydrogens is 330 g/mol.